The van der Waals surface area contributed by atoms with Crippen LogP contribution in [-0.2, 0) is 4.79 Å². The number of ketones is 1. The summed E-state index contributed by atoms with van der Waals surface area (Å²) in [5, 5.41) is 9.13. The van der Waals surface area contributed by atoms with Crippen LogP contribution in [0.4, 0.5) is 5.69 Å². The lowest BCUT2D eigenvalue weighted by Gasteiger charge is -2.19. The number of amides is 1. The number of nitrogens with zero attached hydrogens (tertiary/aromatic N) is 2. The number of hydrogen-bond donors (Lipinski definition) is 1. The first-order chi connectivity index (χ1) is 9.65. The van der Waals surface area contributed by atoms with Crippen molar-refractivity contribution in [2.45, 2.75) is 0 Å². The Morgan fingerprint density at radius 1 is 1.20 bits per heavy atom. The number of rotatable bonds is 4. The maximum absolute atomic E-state index is 12.3. The summed E-state index contributed by atoms with van der Waals surface area (Å²) in [6.07, 6.45) is 1.58. The number of hydrogen-bond acceptors (Lipinski definition) is 3. The highest BCUT2D eigenvalue weighted by Crippen LogP contribution is 2.16. The molecule has 0 saturated heterocycles. The number of aromatic nitrogens is 1. The van der Waals surface area contributed by atoms with E-state index in [4.69, 9.17) is 5.26 Å². The van der Waals surface area contributed by atoms with Crippen molar-refractivity contribution in [3.8, 4) is 6.07 Å². The van der Waals surface area contributed by atoms with Crippen LogP contribution in [0.1, 0.15) is 10.5 Å². The van der Waals surface area contributed by atoms with Crippen LogP contribution in [0.2, 0.25) is 0 Å². The van der Waals surface area contributed by atoms with Gasteiger partial charge >= 0.3 is 0 Å². The quantitative estimate of drug-likeness (QED) is 0.680. The number of anilines is 1. The average Bonchev–Trinajstić information content (AvgIpc) is 3.02. The third kappa shape index (κ3) is 2.59. The fourth-order valence-corrected chi connectivity index (χ4v) is 1.84. The number of nitriles is 1. The van der Waals surface area contributed by atoms with Gasteiger partial charge in [0.15, 0.2) is 5.92 Å². The summed E-state index contributed by atoms with van der Waals surface area (Å²) in [6, 6.07) is 13.8. The van der Waals surface area contributed by atoms with E-state index in [1.165, 1.54) is 4.90 Å². The lowest BCUT2D eigenvalue weighted by atomic mass is 10.0. The lowest BCUT2D eigenvalue weighted by molar-refractivity contribution is -0.119. The predicted molar refractivity (Wildman–Crippen MR) is 74.1 cm³/mol. The summed E-state index contributed by atoms with van der Waals surface area (Å²) in [5.74, 6) is -2.41. The first-order valence-electron chi connectivity index (χ1n) is 6.05. The van der Waals surface area contributed by atoms with E-state index in [0.29, 0.717) is 5.69 Å². The second kappa shape index (κ2) is 5.85. The van der Waals surface area contributed by atoms with Gasteiger partial charge < -0.3 is 9.88 Å². The van der Waals surface area contributed by atoms with Crippen LogP contribution >= 0.6 is 0 Å². The van der Waals surface area contributed by atoms with Crippen molar-refractivity contribution in [1.29, 1.82) is 5.26 Å². The molecule has 0 bridgehead atoms. The molecule has 1 amide bonds. The third-order valence-corrected chi connectivity index (χ3v) is 2.98. The van der Waals surface area contributed by atoms with E-state index in [9.17, 15) is 9.59 Å². The molecule has 1 atom stereocenters. The van der Waals surface area contributed by atoms with Crippen LogP contribution < -0.4 is 4.90 Å². The zero-order chi connectivity index (χ0) is 14.5. The number of carbonyl (C=O) groups is 2. The Hall–Kier alpha value is -2.87. The molecule has 2 aromatic rings. The molecular weight excluding hydrogens is 254 g/mol. The van der Waals surface area contributed by atoms with Gasteiger partial charge in [-0.05, 0) is 24.3 Å². The van der Waals surface area contributed by atoms with Crippen molar-refractivity contribution in [2.24, 2.45) is 5.92 Å². The molecule has 1 aromatic carbocycles. The highest BCUT2D eigenvalue weighted by molar-refractivity contribution is 6.15. The molecule has 2 rings (SSSR count). The van der Waals surface area contributed by atoms with Gasteiger partial charge in [-0.15, -0.1) is 0 Å². The maximum atomic E-state index is 12.3. The molecule has 0 aliphatic rings. The van der Waals surface area contributed by atoms with E-state index < -0.39 is 17.6 Å². The average molecular weight is 267 g/mol. The molecule has 0 aliphatic heterocycles. The Balaban J connectivity index is 2.22. The number of carbonyl (C=O) groups excluding carboxylic acids is 2. The summed E-state index contributed by atoms with van der Waals surface area (Å²) in [6.45, 7) is 0. The summed E-state index contributed by atoms with van der Waals surface area (Å²) in [5.41, 5.74) is 0.892. The van der Waals surface area contributed by atoms with Gasteiger partial charge in [0.1, 0.15) is 0 Å². The van der Waals surface area contributed by atoms with Crippen LogP contribution in [-0.4, -0.2) is 23.7 Å². The summed E-state index contributed by atoms with van der Waals surface area (Å²) in [7, 11) is 1.55. The van der Waals surface area contributed by atoms with Crippen molar-refractivity contribution in [1.82, 2.24) is 4.98 Å². The molecule has 20 heavy (non-hydrogen) atoms. The van der Waals surface area contributed by atoms with Gasteiger partial charge in [0.25, 0.3) is 5.91 Å². The first-order valence-corrected chi connectivity index (χ1v) is 6.05. The van der Waals surface area contributed by atoms with Gasteiger partial charge in [0.05, 0.1) is 11.8 Å². The fraction of sp³-hybridized carbons (Fsp3) is 0.133. The molecule has 5 heteroatoms. The van der Waals surface area contributed by atoms with E-state index in [2.05, 4.69) is 4.98 Å². The Bertz CT molecular complexity index is 642. The lowest BCUT2D eigenvalue weighted by Crippen LogP contribution is -2.36. The molecular formula is C15H13N3O2. The molecule has 0 fully saturated rings. The van der Waals surface area contributed by atoms with E-state index >= 15 is 0 Å². The van der Waals surface area contributed by atoms with Crippen LogP contribution in [0, 0.1) is 17.2 Å². The van der Waals surface area contributed by atoms with Gasteiger partial charge in [-0.25, -0.2) is 0 Å². The Labute approximate surface area is 116 Å². The van der Waals surface area contributed by atoms with Gasteiger partial charge in [-0.1, -0.05) is 18.2 Å². The van der Waals surface area contributed by atoms with Crippen LogP contribution in [0.5, 0.6) is 0 Å². The Kier molecular flexibility index (Phi) is 3.96. The molecule has 1 unspecified atom stereocenters. The van der Waals surface area contributed by atoms with Gasteiger partial charge in [-0.3, -0.25) is 9.59 Å². The normalized spacial score (nSPS) is 11.4. The number of Topliss-reactive ketones (excluding diaryl/α,β-unsaturated/α-hetero) is 1. The fourth-order valence-electron chi connectivity index (χ4n) is 1.84. The Morgan fingerprint density at radius 2 is 1.90 bits per heavy atom. The molecule has 1 N–H and O–H groups in total. The number of H-pyrrole nitrogens is 1. The molecule has 0 radical (unpaired) electrons. The van der Waals surface area contributed by atoms with Gasteiger partial charge in [0, 0.05) is 18.9 Å². The number of nitrogens with one attached hydrogen (secondary N) is 1. The molecule has 1 aromatic heterocycles. The van der Waals surface area contributed by atoms with E-state index in [0.717, 1.165) is 0 Å². The summed E-state index contributed by atoms with van der Waals surface area (Å²) in [4.78, 5) is 28.4. The molecule has 100 valence electrons. The predicted octanol–water partition coefficient (Wildman–Crippen LogP) is 2.00. The van der Waals surface area contributed by atoms with Gasteiger partial charge in [0.2, 0.25) is 5.78 Å². The van der Waals surface area contributed by atoms with E-state index in [1.54, 1.807) is 55.7 Å². The minimum Gasteiger partial charge on any atom is -0.359 e. The Morgan fingerprint density at radius 3 is 2.45 bits per heavy atom. The number of para-hydroxylation sites is 1. The van der Waals surface area contributed by atoms with Crippen molar-refractivity contribution in [3.05, 3.63) is 54.4 Å². The third-order valence-electron chi connectivity index (χ3n) is 2.98. The molecule has 1 heterocycles. The summed E-state index contributed by atoms with van der Waals surface area (Å²) >= 11 is 0. The first kappa shape index (κ1) is 13.6. The molecule has 0 spiro atoms. The minimum atomic E-state index is -1.35. The molecule has 0 aliphatic carbocycles. The standard InChI is InChI=1S/C15H13N3O2/c1-18(11-6-3-2-4-7-11)15(20)12(10-16)14(19)13-8-5-9-17-13/h2-9,12,17H,1H3. The SMILES string of the molecule is CN(C(=O)C(C#N)C(=O)c1ccc[nH]1)c1ccccc1. The highest BCUT2D eigenvalue weighted by Gasteiger charge is 2.31. The number of benzene rings is 1. The summed E-state index contributed by atoms with van der Waals surface area (Å²) < 4.78 is 0. The minimum absolute atomic E-state index is 0.256. The van der Waals surface area contributed by atoms with Crippen LogP contribution in [0.25, 0.3) is 0 Å². The maximum Gasteiger partial charge on any atom is 0.252 e. The van der Waals surface area contributed by atoms with E-state index in [1.807, 2.05) is 6.07 Å². The van der Waals surface area contributed by atoms with Crippen molar-refractivity contribution in [2.75, 3.05) is 11.9 Å². The molecule has 5 nitrogen and oxygen atoms in total. The monoisotopic (exact) mass is 267 g/mol. The van der Waals surface area contributed by atoms with Crippen LogP contribution in [0.3, 0.4) is 0 Å². The zero-order valence-electron chi connectivity index (χ0n) is 10.9. The van der Waals surface area contributed by atoms with Crippen molar-refractivity contribution < 1.29 is 9.59 Å². The zero-order valence-corrected chi connectivity index (χ0v) is 10.9. The smallest absolute Gasteiger partial charge is 0.252 e. The van der Waals surface area contributed by atoms with Gasteiger partial charge in [-0.2, -0.15) is 5.26 Å². The highest BCUT2D eigenvalue weighted by atomic mass is 16.2. The topological polar surface area (TPSA) is 77.0 Å². The number of aromatic amines is 1. The second-order valence-electron chi connectivity index (χ2n) is 4.24. The largest absolute Gasteiger partial charge is 0.359 e. The van der Waals surface area contributed by atoms with Crippen molar-refractivity contribution in [3.63, 3.8) is 0 Å². The second-order valence-corrected chi connectivity index (χ2v) is 4.24. The van der Waals surface area contributed by atoms with Crippen LogP contribution in [0.15, 0.2) is 48.7 Å². The van der Waals surface area contributed by atoms with E-state index in [-0.39, 0.29) is 5.69 Å². The molecule has 0 saturated carbocycles. The van der Waals surface area contributed by atoms with Crippen molar-refractivity contribution >= 4 is 17.4 Å².